The number of ether oxygens (including phenoxy) is 2. The number of aromatic nitrogens is 5. The first kappa shape index (κ1) is 31.3. The van der Waals surface area contributed by atoms with Crippen LogP contribution in [-0.4, -0.2) is 35.8 Å². The Hall–Kier alpha value is -5.18. The molecule has 9 nitrogen and oxygen atoms in total. The minimum Gasteiger partial charge on any atom is -0.488 e. The van der Waals surface area contributed by atoms with Gasteiger partial charge >= 0.3 is 18.3 Å². The third-order valence-electron chi connectivity index (χ3n) is 6.18. The van der Waals surface area contributed by atoms with Crippen molar-refractivity contribution < 1.29 is 45.7 Å². The van der Waals surface area contributed by atoms with Gasteiger partial charge in [0, 0.05) is 18.0 Å². The largest absolute Gasteiger partial charge is 0.488 e. The van der Waals surface area contributed by atoms with Gasteiger partial charge in [0.25, 0.3) is 5.95 Å². The molecule has 0 bridgehead atoms. The maximum absolute atomic E-state index is 13.7. The number of nitrogens with zero attached hydrogens (tertiary/aromatic N) is 5. The van der Waals surface area contributed by atoms with E-state index in [0.29, 0.717) is 40.0 Å². The quantitative estimate of drug-likeness (QED) is 0.170. The van der Waals surface area contributed by atoms with Crippen molar-refractivity contribution in [3.8, 4) is 34.6 Å². The summed E-state index contributed by atoms with van der Waals surface area (Å²) in [7, 11) is 0. The van der Waals surface area contributed by atoms with Crippen LogP contribution < -0.4 is 9.47 Å². The van der Waals surface area contributed by atoms with Crippen LogP contribution in [0.1, 0.15) is 32.7 Å². The molecule has 5 rings (SSSR count). The SMILES string of the molecule is Cc1ccc(OCc2ccc(Oc3ncc(C(F)(F)F)cc3Cl)cc2)c(-c2ccnc(-n3ncc(C(=O)O)c3C(F)(F)F)n2)c1. The lowest BCUT2D eigenvalue weighted by molar-refractivity contribution is -0.143. The molecule has 1 N–H and O–H groups in total. The van der Waals surface area contributed by atoms with Crippen LogP contribution in [0.15, 0.2) is 73.2 Å². The molecule has 0 saturated heterocycles. The number of aryl methyl sites for hydroxylation is 1. The summed E-state index contributed by atoms with van der Waals surface area (Å²) in [5.74, 6) is -1.94. The molecule has 0 aliphatic carbocycles. The van der Waals surface area contributed by atoms with Crippen molar-refractivity contribution in [3.63, 3.8) is 0 Å². The number of alkyl halides is 6. The van der Waals surface area contributed by atoms with E-state index in [1.807, 2.05) is 0 Å². The van der Waals surface area contributed by atoms with E-state index in [4.69, 9.17) is 21.1 Å². The summed E-state index contributed by atoms with van der Waals surface area (Å²) in [4.78, 5) is 23.1. The van der Waals surface area contributed by atoms with E-state index < -0.39 is 41.1 Å². The first-order chi connectivity index (χ1) is 21.2. The van der Waals surface area contributed by atoms with Crippen molar-refractivity contribution in [1.29, 1.82) is 0 Å². The number of halogens is 7. The number of hydrogen-bond donors (Lipinski definition) is 1. The Bertz CT molecular complexity index is 1880. The van der Waals surface area contributed by atoms with Gasteiger partial charge in [0.2, 0.25) is 5.88 Å². The van der Waals surface area contributed by atoms with Gasteiger partial charge in [-0.2, -0.15) is 36.1 Å². The van der Waals surface area contributed by atoms with Gasteiger partial charge in [-0.15, -0.1) is 0 Å². The maximum atomic E-state index is 13.7. The Balaban J connectivity index is 1.36. The van der Waals surface area contributed by atoms with E-state index in [2.05, 4.69) is 20.1 Å². The summed E-state index contributed by atoms with van der Waals surface area (Å²) < 4.78 is 91.6. The summed E-state index contributed by atoms with van der Waals surface area (Å²) in [6.07, 6.45) is -7.26. The molecule has 3 aromatic heterocycles. The summed E-state index contributed by atoms with van der Waals surface area (Å²) in [5, 5.41) is 12.5. The Morgan fingerprint density at radius 2 is 1.69 bits per heavy atom. The molecule has 16 heteroatoms. The summed E-state index contributed by atoms with van der Waals surface area (Å²) in [5.41, 5.74) is -1.54. The molecule has 0 spiro atoms. The van der Waals surface area contributed by atoms with E-state index in [1.54, 1.807) is 37.3 Å². The van der Waals surface area contributed by atoms with Crippen molar-refractivity contribution in [2.75, 3.05) is 0 Å². The molecule has 0 amide bonds. The minimum absolute atomic E-state index is 0.0346. The highest BCUT2D eigenvalue weighted by molar-refractivity contribution is 6.31. The summed E-state index contributed by atoms with van der Waals surface area (Å²) >= 11 is 5.90. The van der Waals surface area contributed by atoms with Gasteiger partial charge in [-0.05, 0) is 48.9 Å². The summed E-state index contributed by atoms with van der Waals surface area (Å²) in [6.45, 7) is 1.83. The molecule has 5 aromatic rings. The van der Waals surface area contributed by atoms with Crippen molar-refractivity contribution in [2.24, 2.45) is 0 Å². The smallest absolute Gasteiger partial charge is 0.434 e. The third-order valence-corrected chi connectivity index (χ3v) is 6.45. The number of carboxylic acids is 1. The Morgan fingerprint density at radius 1 is 0.956 bits per heavy atom. The molecular formula is C29H18ClF6N5O4. The monoisotopic (exact) mass is 649 g/mol. The van der Waals surface area contributed by atoms with Gasteiger partial charge in [0.05, 0.1) is 17.5 Å². The van der Waals surface area contributed by atoms with Crippen molar-refractivity contribution in [2.45, 2.75) is 25.9 Å². The standard InChI is InChI=1S/C29H18ClF6N5O4/c1-15-2-7-23(44-14-16-3-5-18(6-4-16)45-25-21(30)11-17(12-38-25)28(31,32)33)19(10-15)22-8-9-37-27(40-22)41-24(29(34,35)36)20(13-39-41)26(42)43/h2-13H,14H2,1H3,(H,42,43). The zero-order valence-corrected chi connectivity index (χ0v) is 23.4. The Labute approximate surface area is 254 Å². The molecule has 232 valence electrons. The van der Waals surface area contributed by atoms with E-state index in [0.717, 1.165) is 5.56 Å². The van der Waals surface area contributed by atoms with Crippen molar-refractivity contribution in [3.05, 3.63) is 106 Å². The second-order valence-electron chi connectivity index (χ2n) is 9.41. The van der Waals surface area contributed by atoms with E-state index in [9.17, 15) is 36.2 Å². The molecule has 0 fully saturated rings. The van der Waals surface area contributed by atoms with Crippen LogP contribution in [-0.2, 0) is 19.0 Å². The van der Waals surface area contributed by atoms with Gasteiger partial charge < -0.3 is 14.6 Å². The lowest BCUT2D eigenvalue weighted by atomic mass is 10.1. The predicted octanol–water partition coefficient (Wildman–Crippen LogP) is 7.79. The lowest BCUT2D eigenvalue weighted by Gasteiger charge is -2.14. The second-order valence-corrected chi connectivity index (χ2v) is 9.81. The average molecular weight is 650 g/mol. The first-order valence-corrected chi connectivity index (χ1v) is 13.0. The molecule has 0 unspecified atom stereocenters. The number of rotatable bonds is 8. The fourth-order valence-electron chi connectivity index (χ4n) is 4.08. The number of benzene rings is 2. The first-order valence-electron chi connectivity index (χ1n) is 12.7. The number of pyridine rings is 1. The highest BCUT2D eigenvalue weighted by Gasteiger charge is 2.41. The molecule has 3 heterocycles. The minimum atomic E-state index is -5.05. The Kier molecular flexibility index (Phi) is 8.38. The molecule has 0 aliphatic heterocycles. The molecule has 0 aliphatic rings. The molecular weight excluding hydrogens is 632 g/mol. The Morgan fingerprint density at radius 3 is 2.33 bits per heavy atom. The second kappa shape index (κ2) is 12.1. The maximum Gasteiger partial charge on any atom is 0.434 e. The van der Waals surface area contributed by atoms with E-state index in [-0.39, 0.29) is 29.0 Å². The fraction of sp³-hybridized carbons (Fsp3) is 0.138. The fourth-order valence-corrected chi connectivity index (χ4v) is 4.29. The molecule has 0 radical (unpaired) electrons. The van der Waals surface area contributed by atoms with E-state index >= 15 is 0 Å². The van der Waals surface area contributed by atoms with Gasteiger partial charge in [-0.25, -0.2) is 19.7 Å². The molecule has 0 saturated carbocycles. The number of carbonyl (C=O) groups is 1. The van der Waals surface area contributed by atoms with Gasteiger partial charge in [-0.3, -0.25) is 0 Å². The zero-order valence-electron chi connectivity index (χ0n) is 22.7. The van der Waals surface area contributed by atoms with Crippen LogP contribution in [0, 0.1) is 6.92 Å². The highest BCUT2D eigenvalue weighted by Crippen LogP contribution is 2.36. The van der Waals surface area contributed by atoms with Crippen molar-refractivity contribution in [1.82, 2.24) is 24.7 Å². The molecule has 0 atom stereocenters. The van der Waals surface area contributed by atoms with Gasteiger partial charge in [0.15, 0.2) is 5.69 Å². The highest BCUT2D eigenvalue weighted by atomic mass is 35.5. The third kappa shape index (κ3) is 6.98. The predicted molar refractivity (Wildman–Crippen MR) is 146 cm³/mol. The topological polar surface area (TPSA) is 112 Å². The van der Waals surface area contributed by atoms with Crippen LogP contribution >= 0.6 is 11.6 Å². The zero-order chi connectivity index (χ0) is 32.5. The molecule has 2 aromatic carbocycles. The number of hydrogen-bond acceptors (Lipinski definition) is 7. The number of carboxylic acid groups (broad SMARTS) is 1. The number of aromatic carboxylic acids is 1. The van der Waals surface area contributed by atoms with Crippen LogP contribution in [0.2, 0.25) is 5.02 Å². The molecule has 45 heavy (non-hydrogen) atoms. The van der Waals surface area contributed by atoms with E-state index in [1.165, 1.54) is 24.4 Å². The summed E-state index contributed by atoms with van der Waals surface area (Å²) in [6, 6.07) is 13.6. The van der Waals surface area contributed by atoms with Crippen LogP contribution in [0.5, 0.6) is 17.4 Å². The van der Waals surface area contributed by atoms with Crippen LogP contribution in [0.25, 0.3) is 17.2 Å². The van der Waals surface area contributed by atoms with Gasteiger partial charge in [-0.1, -0.05) is 35.4 Å². The van der Waals surface area contributed by atoms with Gasteiger partial charge in [0.1, 0.15) is 28.7 Å². The van der Waals surface area contributed by atoms with Crippen LogP contribution in [0.4, 0.5) is 26.3 Å². The lowest BCUT2D eigenvalue weighted by Crippen LogP contribution is -2.18. The van der Waals surface area contributed by atoms with Crippen molar-refractivity contribution >= 4 is 17.6 Å². The normalized spacial score (nSPS) is 11.8. The van der Waals surface area contributed by atoms with Crippen LogP contribution in [0.3, 0.4) is 0 Å². The average Bonchev–Trinajstić information content (AvgIpc) is 3.45.